The third-order valence-corrected chi connectivity index (χ3v) is 11.2. The Kier molecular flexibility index (Phi) is 6.83. The second-order valence-corrected chi connectivity index (χ2v) is 13.8. The fourth-order valence-corrected chi connectivity index (χ4v) is 8.29. The Labute approximate surface area is 219 Å². The Bertz CT molecular complexity index is 1520. The van der Waals surface area contributed by atoms with Crippen LogP contribution in [0.1, 0.15) is 12.0 Å². The monoisotopic (exact) mass is 534 g/mol. The second kappa shape index (κ2) is 9.93. The molecule has 0 spiro atoms. The molecule has 2 atom stereocenters. The number of hydrogen-bond acceptors (Lipinski definition) is 5. The zero-order valence-corrected chi connectivity index (χ0v) is 22.3. The molecule has 0 N–H and O–H groups in total. The van der Waals surface area contributed by atoms with Crippen molar-refractivity contribution in [2.24, 2.45) is 0 Å². The van der Waals surface area contributed by atoms with Crippen LogP contribution in [-0.4, -0.2) is 57.8 Å². The number of nitrogens with zero attached hydrogens (tertiary/aromatic N) is 2. The van der Waals surface area contributed by atoms with Gasteiger partial charge in [-0.15, -0.1) is 0 Å². The average Bonchev–Trinajstić information content (AvgIpc) is 2.93. The van der Waals surface area contributed by atoms with Crippen LogP contribution < -0.4 is 4.90 Å². The van der Waals surface area contributed by atoms with Crippen molar-refractivity contribution in [3.8, 4) is 0 Å². The van der Waals surface area contributed by atoms with Gasteiger partial charge in [0.25, 0.3) is 0 Å². The van der Waals surface area contributed by atoms with Crippen LogP contribution in [0.4, 0.5) is 5.69 Å². The maximum absolute atomic E-state index is 13.7. The predicted octanol–water partition coefficient (Wildman–Crippen LogP) is 4.39. The van der Waals surface area contributed by atoms with E-state index in [-0.39, 0.29) is 24.4 Å². The van der Waals surface area contributed by atoms with Crippen LogP contribution in [0.2, 0.25) is 0 Å². The van der Waals surface area contributed by atoms with E-state index in [1.807, 2.05) is 66.7 Å². The summed E-state index contributed by atoms with van der Waals surface area (Å²) in [6.45, 7) is 0.676. The number of benzene rings is 3. The van der Waals surface area contributed by atoms with Gasteiger partial charge in [0.05, 0.1) is 10.9 Å². The molecule has 0 radical (unpaired) electrons. The van der Waals surface area contributed by atoms with Crippen LogP contribution in [0.3, 0.4) is 0 Å². The summed E-state index contributed by atoms with van der Waals surface area (Å²) in [4.78, 5) is 2.27. The number of sulfone groups is 1. The van der Waals surface area contributed by atoms with Gasteiger partial charge in [-0.25, -0.2) is 16.8 Å². The van der Waals surface area contributed by atoms with Crippen molar-refractivity contribution in [1.29, 1.82) is 0 Å². The van der Waals surface area contributed by atoms with E-state index in [0.29, 0.717) is 6.54 Å². The molecule has 8 heteroatoms. The van der Waals surface area contributed by atoms with E-state index in [1.165, 1.54) is 10.6 Å². The normalized spacial score (nSPS) is 23.0. The van der Waals surface area contributed by atoms with E-state index >= 15 is 0 Å². The van der Waals surface area contributed by atoms with E-state index in [1.54, 1.807) is 42.5 Å². The summed E-state index contributed by atoms with van der Waals surface area (Å²) < 4.78 is 54.8. The lowest BCUT2D eigenvalue weighted by Crippen LogP contribution is -2.65. The van der Waals surface area contributed by atoms with Gasteiger partial charge in [-0.3, -0.25) is 0 Å². The molecular formula is C29H30N2O4S2. The zero-order chi connectivity index (χ0) is 26.1. The molecule has 1 aliphatic carbocycles. The lowest BCUT2D eigenvalue weighted by molar-refractivity contribution is 0.303. The maximum atomic E-state index is 13.7. The number of allylic oxidation sites excluding steroid dienone is 3. The Morgan fingerprint density at radius 1 is 0.784 bits per heavy atom. The minimum absolute atomic E-state index is 0.0472. The van der Waals surface area contributed by atoms with Crippen molar-refractivity contribution < 1.29 is 16.8 Å². The Morgan fingerprint density at radius 2 is 1.38 bits per heavy atom. The average molecular weight is 535 g/mol. The van der Waals surface area contributed by atoms with Gasteiger partial charge in [0.2, 0.25) is 10.0 Å². The minimum atomic E-state index is -3.80. The molecule has 2 unspecified atom stereocenters. The van der Waals surface area contributed by atoms with Crippen LogP contribution in [0.25, 0.3) is 5.57 Å². The third-order valence-electron chi connectivity index (χ3n) is 7.35. The van der Waals surface area contributed by atoms with E-state index in [9.17, 15) is 16.8 Å². The van der Waals surface area contributed by atoms with Crippen molar-refractivity contribution >= 4 is 31.1 Å². The van der Waals surface area contributed by atoms with Crippen molar-refractivity contribution in [3.05, 3.63) is 115 Å². The third kappa shape index (κ3) is 4.77. The zero-order valence-electron chi connectivity index (χ0n) is 20.6. The van der Waals surface area contributed by atoms with Gasteiger partial charge in [-0.2, -0.15) is 4.31 Å². The molecule has 3 aromatic rings. The number of sulfonamides is 1. The molecular weight excluding hydrogens is 504 g/mol. The second-order valence-electron chi connectivity index (χ2n) is 9.54. The summed E-state index contributed by atoms with van der Waals surface area (Å²) in [6.07, 6.45) is 7.03. The summed E-state index contributed by atoms with van der Waals surface area (Å²) >= 11 is 0. The number of hydrogen-bond donors (Lipinski definition) is 0. The molecule has 2 aliphatic rings. The largest absolute Gasteiger partial charge is 0.364 e. The lowest BCUT2D eigenvalue weighted by atomic mass is 9.83. The molecule has 3 aromatic carbocycles. The SMILES string of the molecule is CS(=O)(=O)C1(C2CN(S(=O)(=O)c3ccccc3)CCN2c2ccccc2)C=CC=C(c2ccccc2)C1. The predicted molar refractivity (Wildman–Crippen MR) is 149 cm³/mol. The Balaban J connectivity index is 1.62. The van der Waals surface area contributed by atoms with Crippen molar-refractivity contribution in [2.45, 2.75) is 22.1 Å². The van der Waals surface area contributed by atoms with Crippen molar-refractivity contribution in [2.75, 3.05) is 30.8 Å². The fourth-order valence-electron chi connectivity index (χ4n) is 5.39. The first kappa shape index (κ1) is 25.4. The smallest absolute Gasteiger partial charge is 0.243 e. The topological polar surface area (TPSA) is 74.8 Å². The standard InChI is InChI=1S/C29H30N2O4S2/c1-36(32,33)29(19-11-14-25(22-29)24-12-5-2-6-13-24)28-23-30(37(34,35)27-17-9-4-10-18-27)20-21-31(28)26-15-7-3-8-16-26/h2-19,28H,20-23H2,1H3. The molecule has 37 heavy (non-hydrogen) atoms. The summed E-state index contributed by atoms with van der Waals surface area (Å²) in [5.41, 5.74) is 2.73. The number of rotatable bonds is 6. The van der Waals surface area contributed by atoms with Gasteiger partial charge in [0.1, 0.15) is 4.75 Å². The van der Waals surface area contributed by atoms with Crippen LogP contribution in [-0.2, 0) is 19.9 Å². The molecule has 1 aliphatic heterocycles. The van der Waals surface area contributed by atoms with E-state index < -0.39 is 30.6 Å². The number of para-hydroxylation sites is 1. The van der Waals surface area contributed by atoms with Gasteiger partial charge in [-0.1, -0.05) is 85.0 Å². The van der Waals surface area contributed by atoms with Crippen molar-refractivity contribution in [1.82, 2.24) is 4.31 Å². The van der Waals surface area contributed by atoms with Crippen LogP contribution in [0, 0.1) is 0 Å². The summed E-state index contributed by atoms with van der Waals surface area (Å²) in [6, 6.07) is 27.1. The molecule has 5 rings (SSSR count). The molecule has 1 saturated heterocycles. The molecule has 1 fully saturated rings. The minimum Gasteiger partial charge on any atom is -0.364 e. The summed E-state index contributed by atoms with van der Waals surface area (Å²) in [5, 5.41) is 0. The molecule has 1 heterocycles. The first-order valence-electron chi connectivity index (χ1n) is 12.2. The maximum Gasteiger partial charge on any atom is 0.243 e. The highest BCUT2D eigenvalue weighted by Gasteiger charge is 2.52. The van der Waals surface area contributed by atoms with Crippen LogP contribution in [0.5, 0.6) is 0 Å². The van der Waals surface area contributed by atoms with E-state index in [4.69, 9.17) is 0 Å². The molecule has 0 saturated carbocycles. The van der Waals surface area contributed by atoms with E-state index in [0.717, 1.165) is 16.8 Å². The summed E-state index contributed by atoms with van der Waals surface area (Å²) in [5.74, 6) is 0. The van der Waals surface area contributed by atoms with Gasteiger partial charge >= 0.3 is 0 Å². The molecule has 0 bridgehead atoms. The first-order chi connectivity index (χ1) is 17.7. The van der Waals surface area contributed by atoms with Crippen LogP contribution >= 0.6 is 0 Å². The quantitative estimate of drug-likeness (QED) is 0.469. The molecule has 0 amide bonds. The molecule has 0 aromatic heterocycles. The van der Waals surface area contributed by atoms with Gasteiger partial charge < -0.3 is 4.90 Å². The van der Waals surface area contributed by atoms with Gasteiger partial charge in [-0.05, 0) is 41.8 Å². The number of anilines is 1. The highest BCUT2D eigenvalue weighted by molar-refractivity contribution is 7.92. The molecule has 192 valence electrons. The first-order valence-corrected chi connectivity index (χ1v) is 15.6. The molecule has 6 nitrogen and oxygen atoms in total. The van der Waals surface area contributed by atoms with Gasteiger partial charge in [0, 0.05) is 31.6 Å². The Morgan fingerprint density at radius 3 is 2.00 bits per heavy atom. The summed E-state index contributed by atoms with van der Waals surface area (Å²) in [7, 11) is -7.50. The fraction of sp³-hybridized carbons (Fsp3) is 0.241. The van der Waals surface area contributed by atoms with Crippen LogP contribution in [0.15, 0.2) is 114 Å². The number of piperazine rings is 1. The van der Waals surface area contributed by atoms with Gasteiger partial charge in [0.15, 0.2) is 9.84 Å². The van der Waals surface area contributed by atoms with Crippen molar-refractivity contribution in [3.63, 3.8) is 0 Å². The highest BCUT2D eigenvalue weighted by atomic mass is 32.2. The lowest BCUT2D eigenvalue weighted by Gasteiger charge is -2.50. The van der Waals surface area contributed by atoms with E-state index in [2.05, 4.69) is 4.90 Å². The highest BCUT2D eigenvalue weighted by Crippen LogP contribution is 2.42. The Hall–Kier alpha value is -3.20.